The maximum atomic E-state index is 6.13. The number of hydrogen-bond acceptors (Lipinski definition) is 2. The van der Waals surface area contributed by atoms with E-state index in [4.69, 9.17) is 16.3 Å². The van der Waals surface area contributed by atoms with E-state index in [-0.39, 0.29) is 6.10 Å². The average Bonchev–Trinajstić information content (AvgIpc) is 2.26. The van der Waals surface area contributed by atoms with Crippen molar-refractivity contribution in [3.63, 3.8) is 0 Å². The smallest absolute Gasteiger partial charge is 0.0950 e. The summed E-state index contributed by atoms with van der Waals surface area (Å²) in [5.41, 5.74) is 3.48. The minimum absolute atomic E-state index is 0.174. The van der Waals surface area contributed by atoms with Crippen LogP contribution in [0.2, 0.25) is 5.02 Å². The van der Waals surface area contributed by atoms with E-state index in [1.807, 2.05) is 13.8 Å². The van der Waals surface area contributed by atoms with Crippen LogP contribution in [0, 0.1) is 13.8 Å². The molecule has 3 heteroatoms. The quantitative estimate of drug-likeness (QED) is 0.794. The number of halogens is 1. The lowest BCUT2D eigenvalue weighted by atomic mass is 10.0. The summed E-state index contributed by atoms with van der Waals surface area (Å²) in [4.78, 5) is 0. The summed E-state index contributed by atoms with van der Waals surface area (Å²) in [7, 11) is 0. The van der Waals surface area contributed by atoms with Gasteiger partial charge in [0.05, 0.1) is 12.7 Å². The van der Waals surface area contributed by atoms with Crippen LogP contribution in [0.3, 0.4) is 0 Å². The maximum Gasteiger partial charge on any atom is 0.0950 e. The Bertz CT molecular complexity index is 336. The van der Waals surface area contributed by atoms with Crippen LogP contribution in [0.25, 0.3) is 0 Å². The molecule has 0 aliphatic carbocycles. The molecule has 0 radical (unpaired) electrons. The van der Waals surface area contributed by atoms with Gasteiger partial charge in [-0.05, 0) is 30.5 Å². The third-order valence-corrected chi connectivity index (χ3v) is 3.35. The van der Waals surface area contributed by atoms with Crippen LogP contribution in [0.15, 0.2) is 12.1 Å². The number of morpholine rings is 1. The van der Waals surface area contributed by atoms with Gasteiger partial charge in [-0.25, -0.2) is 0 Å². The molecule has 0 amide bonds. The van der Waals surface area contributed by atoms with Gasteiger partial charge in [-0.15, -0.1) is 0 Å². The zero-order chi connectivity index (χ0) is 10.8. The number of rotatable bonds is 1. The highest BCUT2D eigenvalue weighted by atomic mass is 35.5. The molecular formula is C12H16ClNO. The van der Waals surface area contributed by atoms with E-state index in [9.17, 15) is 0 Å². The molecule has 0 spiro atoms. The number of aryl methyl sites for hydroxylation is 2. The van der Waals surface area contributed by atoms with Gasteiger partial charge in [0.1, 0.15) is 0 Å². The first-order valence-corrected chi connectivity index (χ1v) is 5.65. The van der Waals surface area contributed by atoms with Gasteiger partial charge in [-0.3, -0.25) is 0 Å². The topological polar surface area (TPSA) is 21.3 Å². The molecular weight excluding hydrogens is 210 g/mol. The molecule has 1 aromatic rings. The van der Waals surface area contributed by atoms with Crippen molar-refractivity contribution in [2.24, 2.45) is 0 Å². The molecule has 2 nitrogen and oxygen atoms in total. The summed E-state index contributed by atoms with van der Waals surface area (Å²) in [6, 6.07) is 4.24. The van der Waals surface area contributed by atoms with Crippen LogP contribution in [-0.4, -0.2) is 19.7 Å². The molecule has 1 N–H and O–H groups in total. The van der Waals surface area contributed by atoms with Crippen molar-refractivity contribution < 1.29 is 4.74 Å². The zero-order valence-corrected chi connectivity index (χ0v) is 9.90. The van der Waals surface area contributed by atoms with E-state index in [1.165, 1.54) is 5.56 Å². The lowest BCUT2D eigenvalue weighted by molar-refractivity contribution is 0.0276. The molecule has 0 saturated carbocycles. The van der Waals surface area contributed by atoms with Gasteiger partial charge in [0.25, 0.3) is 0 Å². The third-order valence-electron chi connectivity index (χ3n) is 2.76. The van der Waals surface area contributed by atoms with Crippen molar-refractivity contribution in [2.45, 2.75) is 20.0 Å². The molecule has 1 heterocycles. The van der Waals surface area contributed by atoms with Crippen LogP contribution >= 0.6 is 11.6 Å². The summed E-state index contributed by atoms with van der Waals surface area (Å²) in [6.07, 6.45) is 0.174. The van der Waals surface area contributed by atoms with Crippen molar-refractivity contribution >= 4 is 11.6 Å². The van der Waals surface area contributed by atoms with Crippen LogP contribution in [0.4, 0.5) is 0 Å². The molecule has 1 fully saturated rings. The van der Waals surface area contributed by atoms with Crippen molar-refractivity contribution in [3.8, 4) is 0 Å². The SMILES string of the molecule is Cc1cc(C2CNCCO2)cc(C)c1Cl. The Balaban J connectivity index is 2.27. The Hall–Kier alpha value is -0.570. The normalized spacial score (nSPS) is 21.7. The highest BCUT2D eigenvalue weighted by Gasteiger charge is 2.16. The largest absolute Gasteiger partial charge is 0.371 e. The fourth-order valence-electron chi connectivity index (χ4n) is 1.94. The van der Waals surface area contributed by atoms with E-state index >= 15 is 0 Å². The van der Waals surface area contributed by atoms with E-state index in [0.717, 1.165) is 35.8 Å². The lowest BCUT2D eigenvalue weighted by Gasteiger charge is -2.24. The highest BCUT2D eigenvalue weighted by molar-refractivity contribution is 6.32. The summed E-state index contributed by atoms with van der Waals surface area (Å²) in [6.45, 7) is 6.69. The molecule has 1 unspecified atom stereocenters. The van der Waals surface area contributed by atoms with Gasteiger partial charge in [0.15, 0.2) is 0 Å². The average molecular weight is 226 g/mol. The van der Waals surface area contributed by atoms with Crippen LogP contribution in [0.5, 0.6) is 0 Å². The number of hydrogen-bond donors (Lipinski definition) is 1. The fraction of sp³-hybridized carbons (Fsp3) is 0.500. The minimum atomic E-state index is 0.174. The molecule has 1 aromatic carbocycles. The predicted molar refractivity (Wildman–Crippen MR) is 62.5 cm³/mol. The van der Waals surface area contributed by atoms with Crippen molar-refractivity contribution in [1.82, 2.24) is 5.32 Å². The summed E-state index contributed by atoms with van der Waals surface area (Å²) >= 11 is 6.13. The van der Waals surface area contributed by atoms with Gasteiger partial charge in [0, 0.05) is 18.1 Å². The van der Waals surface area contributed by atoms with Crippen LogP contribution in [0.1, 0.15) is 22.8 Å². The molecule has 2 rings (SSSR count). The van der Waals surface area contributed by atoms with Gasteiger partial charge in [-0.1, -0.05) is 23.7 Å². The molecule has 0 bridgehead atoms. The molecule has 1 aliphatic heterocycles. The summed E-state index contributed by atoms with van der Waals surface area (Å²) in [5.74, 6) is 0. The number of ether oxygens (including phenoxy) is 1. The summed E-state index contributed by atoms with van der Waals surface area (Å²) in [5, 5.41) is 4.19. The third kappa shape index (κ3) is 2.33. The van der Waals surface area contributed by atoms with E-state index in [1.54, 1.807) is 0 Å². The maximum absolute atomic E-state index is 6.13. The first kappa shape index (κ1) is 10.9. The second-order valence-electron chi connectivity index (χ2n) is 4.03. The lowest BCUT2D eigenvalue weighted by Crippen LogP contribution is -2.33. The molecule has 1 aliphatic rings. The molecule has 15 heavy (non-hydrogen) atoms. The van der Waals surface area contributed by atoms with Crippen molar-refractivity contribution in [2.75, 3.05) is 19.7 Å². The van der Waals surface area contributed by atoms with E-state index < -0.39 is 0 Å². The zero-order valence-electron chi connectivity index (χ0n) is 9.14. The van der Waals surface area contributed by atoms with E-state index in [0.29, 0.717) is 0 Å². The first-order chi connectivity index (χ1) is 7.18. The Morgan fingerprint density at radius 3 is 2.53 bits per heavy atom. The molecule has 1 saturated heterocycles. The minimum Gasteiger partial charge on any atom is -0.371 e. The van der Waals surface area contributed by atoms with E-state index in [2.05, 4.69) is 17.4 Å². The Morgan fingerprint density at radius 2 is 2.00 bits per heavy atom. The van der Waals surface area contributed by atoms with Crippen LogP contribution in [-0.2, 0) is 4.74 Å². The second kappa shape index (κ2) is 4.52. The number of nitrogens with one attached hydrogen (secondary N) is 1. The Kier molecular flexibility index (Phi) is 3.29. The van der Waals surface area contributed by atoms with Crippen molar-refractivity contribution in [3.05, 3.63) is 33.8 Å². The molecule has 82 valence electrons. The predicted octanol–water partition coefficient (Wildman–Crippen LogP) is 2.62. The van der Waals surface area contributed by atoms with Gasteiger partial charge >= 0.3 is 0 Å². The summed E-state index contributed by atoms with van der Waals surface area (Å²) < 4.78 is 5.71. The Labute approximate surface area is 95.6 Å². The standard InChI is InChI=1S/C12H16ClNO/c1-8-5-10(6-9(2)12(8)13)11-7-14-3-4-15-11/h5-6,11,14H,3-4,7H2,1-2H3. The Morgan fingerprint density at radius 1 is 1.33 bits per heavy atom. The van der Waals surface area contributed by atoms with Gasteiger partial charge in [0.2, 0.25) is 0 Å². The fourth-order valence-corrected chi connectivity index (χ4v) is 2.05. The van der Waals surface area contributed by atoms with Gasteiger partial charge in [-0.2, -0.15) is 0 Å². The van der Waals surface area contributed by atoms with Crippen molar-refractivity contribution in [1.29, 1.82) is 0 Å². The first-order valence-electron chi connectivity index (χ1n) is 5.27. The van der Waals surface area contributed by atoms with Gasteiger partial charge < -0.3 is 10.1 Å². The monoisotopic (exact) mass is 225 g/mol. The molecule has 1 atom stereocenters. The second-order valence-corrected chi connectivity index (χ2v) is 4.41. The highest BCUT2D eigenvalue weighted by Crippen LogP contribution is 2.27. The number of benzene rings is 1. The van der Waals surface area contributed by atoms with Crippen LogP contribution < -0.4 is 5.32 Å². The molecule has 0 aromatic heterocycles.